The van der Waals surface area contributed by atoms with Crippen LogP contribution in [-0.2, 0) is 16.6 Å². The molecule has 1 aromatic carbocycles. The third-order valence-electron chi connectivity index (χ3n) is 2.24. The normalized spacial score (nSPS) is 12.3. The maximum atomic E-state index is 12.0. The Hall–Kier alpha value is -1.48. The maximum Gasteiger partial charge on any atom is 0.127 e. The van der Waals surface area contributed by atoms with Crippen molar-refractivity contribution in [3.05, 3.63) is 59.8 Å². The van der Waals surface area contributed by atoms with Gasteiger partial charge in [-0.25, -0.2) is 4.98 Å². The predicted molar refractivity (Wildman–Crippen MR) is 65.5 cm³/mol. The van der Waals surface area contributed by atoms with Gasteiger partial charge in [0.25, 0.3) is 0 Å². The van der Waals surface area contributed by atoms with Crippen LogP contribution in [0.5, 0.6) is 0 Å². The second-order valence-electron chi connectivity index (χ2n) is 3.59. The zero-order valence-electron chi connectivity index (χ0n) is 9.09. The van der Waals surface area contributed by atoms with Crippen molar-refractivity contribution < 1.29 is 4.21 Å². The lowest BCUT2D eigenvalue weighted by Gasteiger charge is -2.02. The highest BCUT2D eigenvalue weighted by Crippen LogP contribution is 2.10. The van der Waals surface area contributed by atoms with Crippen molar-refractivity contribution in [1.82, 2.24) is 4.98 Å². The van der Waals surface area contributed by atoms with Crippen LogP contribution in [-0.4, -0.2) is 9.19 Å². The average Bonchev–Trinajstić information content (AvgIpc) is 2.30. The van der Waals surface area contributed by atoms with Crippen LogP contribution in [0.1, 0.15) is 11.3 Å². The van der Waals surface area contributed by atoms with Crippen LogP contribution in [0.25, 0.3) is 0 Å². The minimum absolute atomic E-state index is 0.525. The lowest BCUT2D eigenvalue weighted by molar-refractivity contribution is 0.679. The van der Waals surface area contributed by atoms with E-state index in [0.717, 1.165) is 11.3 Å². The summed E-state index contributed by atoms with van der Waals surface area (Å²) in [6.45, 7) is 1.91. The first-order chi connectivity index (χ1) is 7.75. The molecule has 1 unspecified atom stereocenters. The largest absolute Gasteiger partial charge is 0.252 e. The van der Waals surface area contributed by atoms with Gasteiger partial charge in [0.15, 0.2) is 0 Å². The first-order valence-electron chi connectivity index (χ1n) is 5.11. The number of aromatic nitrogens is 1. The van der Waals surface area contributed by atoms with E-state index in [0.29, 0.717) is 10.8 Å². The molecule has 0 spiro atoms. The molecule has 16 heavy (non-hydrogen) atoms. The topological polar surface area (TPSA) is 30.0 Å². The molecule has 0 bridgehead atoms. The first kappa shape index (κ1) is 11.0. The molecule has 2 rings (SSSR count). The molecular weight excluding hydrogens is 218 g/mol. The quantitative estimate of drug-likeness (QED) is 0.813. The number of benzene rings is 1. The molecule has 3 heteroatoms. The summed E-state index contributed by atoms with van der Waals surface area (Å²) in [6, 6.07) is 15.4. The first-order valence-corrected chi connectivity index (χ1v) is 6.43. The summed E-state index contributed by atoms with van der Waals surface area (Å²) in [6.07, 6.45) is 0. The zero-order chi connectivity index (χ0) is 11.4. The van der Waals surface area contributed by atoms with Crippen LogP contribution in [0.2, 0.25) is 0 Å². The van der Waals surface area contributed by atoms with Gasteiger partial charge in [0.1, 0.15) is 5.03 Å². The Bertz CT molecular complexity index is 496. The minimum atomic E-state index is -1.06. The summed E-state index contributed by atoms with van der Waals surface area (Å²) >= 11 is 0. The highest BCUT2D eigenvalue weighted by atomic mass is 32.2. The number of aryl methyl sites for hydroxylation is 1. The van der Waals surface area contributed by atoms with E-state index < -0.39 is 10.8 Å². The highest BCUT2D eigenvalue weighted by Gasteiger charge is 2.05. The van der Waals surface area contributed by atoms with Crippen molar-refractivity contribution in [1.29, 1.82) is 0 Å². The zero-order valence-corrected chi connectivity index (χ0v) is 9.91. The standard InChI is InChI=1S/C13H13NOS/c1-11-6-5-9-13(14-11)16(15)10-12-7-3-2-4-8-12/h2-9H,10H2,1H3. The number of nitrogens with zero attached hydrogens (tertiary/aromatic N) is 1. The van der Waals surface area contributed by atoms with Crippen molar-refractivity contribution in [3.63, 3.8) is 0 Å². The molecule has 82 valence electrons. The summed E-state index contributed by atoms with van der Waals surface area (Å²) in [7, 11) is -1.06. The molecule has 2 aromatic rings. The third-order valence-corrected chi connectivity index (χ3v) is 3.53. The molecule has 0 aliphatic heterocycles. The molecule has 0 fully saturated rings. The third kappa shape index (κ3) is 2.76. The van der Waals surface area contributed by atoms with E-state index in [1.807, 2.05) is 55.5 Å². The van der Waals surface area contributed by atoms with Crippen molar-refractivity contribution >= 4 is 10.8 Å². The molecule has 0 saturated carbocycles. The van der Waals surface area contributed by atoms with Gasteiger partial charge in [-0.05, 0) is 24.6 Å². The summed E-state index contributed by atoms with van der Waals surface area (Å²) < 4.78 is 12.0. The van der Waals surface area contributed by atoms with Gasteiger partial charge >= 0.3 is 0 Å². The second-order valence-corrected chi connectivity index (χ2v) is 4.99. The van der Waals surface area contributed by atoms with Gasteiger partial charge < -0.3 is 0 Å². The van der Waals surface area contributed by atoms with E-state index >= 15 is 0 Å². The monoisotopic (exact) mass is 231 g/mol. The van der Waals surface area contributed by atoms with E-state index in [1.165, 1.54) is 0 Å². The Balaban J connectivity index is 2.15. The Morgan fingerprint density at radius 3 is 2.50 bits per heavy atom. The van der Waals surface area contributed by atoms with Crippen LogP contribution in [0.4, 0.5) is 0 Å². The molecule has 0 saturated heterocycles. The minimum Gasteiger partial charge on any atom is -0.252 e. The SMILES string of the molecule is Cc1cccc(S(=O)Cc2ccccc2)n1. The highest BCUT2D eigenvalue weighted by molar-refractivity contribution is 7.84. The fraction of sp³-hybridized carbons (Fsp3) is 0.154. The van der Waals surface area contributed by atoms with Gasteiger partial charge in [-0.15, -0.1) is 0 Å². The average molecular weight is 231 g/mol. The molecule has 1 aromatic heterocycles. The summed E-state index contributed by atoms with van der Waals surface area (Å²) in [4.78, 5) is 4.27. The van der Waals surface area contributed by atoms with Gasteiger partial charge in [-0.3, -0.25) is 4.21 Å². The van der Waals surface area contributed by atoms with Crippen molar-refractivity contribution in [2.75, 3.05) is 0 Å². The van der Waals surface area contributed by atoms with Gasteiger partial charge in [-0.2, -0.15) is 0 Å². The van der Waals surface area contributed by atoms with Crippen LogP contribution in [0.15, 0.2) is 53.6 Å². The Morgan fingerprint density at radius 1 is 1.06 bits per heavy atom. The molecule has 0 aliphatic rings. The second kappa shape index (κ2) is 5.03. The van der Waals surface area contributed by atoms with E-state index in [2.05, 4.69) is 4.98 Å². The van der Waals surface area contributed by atoms with Crippen LogP contribution >= 0.6 is 0 Å². The molecule has 0 radical (unpaired) electrons. The molecule has 1 heterocycles. The molecular formula is C13H13NOS. The fourth-order valence-corrected chi connectivity index (χ4v) is 2.56. The molecule has 0 amide bonds. The Labute approximate surface area is 97.8 Å². The van der Waals surface area contributed by atoms with Gasteiger partial charge in [0.2, 0.25) is 0 Å². The Morgan fingerprint density at radius 2 is 1.81 bits per heavy atom. The number of hydrogen-bond acceptors (Lipinski definition) is 2. The lowest BCUT2D eigenvalue weighted by atomic mass is 10.2. The Kier molecular flexibility index (Phi) is 3.47. The van der Waals surface area contributed by atoms with Crippen molar-refractivity contribution in [3.8, 4) is 0 Å². The maximum absolute atomic E-state index is 12.0. The van der Waals surface area contributed by atoms with Crippen LogP contribution in [0.3, 0.4) is 0 Å². The number of pyridine rings is 1. The summed E-state index contributed by atoms with van der Waals surface area (Å²) in [5, 5.41) is 0.656. The predicted octanol–water partition coefficient (Wildman–Crippen LogP) is 2.70. The van der Waals surface area contributed by atoms with E-state index in [1.54, 1.807) is 0 Å². The lowest BCUT2D eigenvalue weighted by Crippen LogP contribution is -1.99. The number of hydrogen-bond donors (Lipinski definition) is 0. The van der Waals surface area contributed by atoms with Crippen LogP contribution < -0.4 is 0 Å². The van der Waals surface area contributed by atoms with E-state index in [9.17, 15) is 4.21 Å². The van der Waals surface area contributed by atoms with Crippen molar-refractivity contribution in [2.24, 2.45) is 0 Å². The van der Waals surface area contributed by atoms with Crippen molar-refractivity contribution in [2.45, 2.75) is 17.7 Å². The van der Waals surface area contributed by atoms with Gasteiger partial charge in [0.05, 0.1) is 16.6 Å². The van der Waals surface area contributed by atoms with Crippen LogP contribution in [0, 0.1) is 6.92 Å². The molecule has 2 nitrogen and oxygen atoms in total. The molecule has 0 N–H and O–H groups in total. The molecule has 1 atom stereocenters. The van der Waals surface area contributed by atoms with Gasteiger partial charge in [-0.1, -0.05) is 36.4 Å². The summed E-state index contributed by atoms with van der Waals surface area (Å²) in [5.74, 6) is 0.525. The fourth-order valence-electron chi connectivity index (χ4n) is 1.44. The van der Waals surface area contributed by atoms with E-state index in [-0.39, 0.29) is 0 Å². The number of rotatable bonds is 3. The smallest absolute Gasteiger partial charge is 0.127 e. The summed E-state index contributed by atoms with van der Waals surface area (Å²) in [5.41, 5.74) is 1.98. The van der Waals surface area contributed by atoms with Gasteiger partial charge in [0, 0.05) is 5.69 Å². The molecule has 0 aliphatic carbocycles. The van der Waals surface area contributed by atoms with E-state index in [4.69, 9.17) is 0 Å².